The van der Waals surface area contributed by atoms with Gasteiger partial charge in [0.25, 0.3) is 0 Å². The smallest absolute Gasteiger partial charge is 0.373 e. The summed E-state index contributed by atoms with van der Waals surface area (Å²) in [5, 5.41) is 0.923. The minimum atomic E-state index is -2.83. The second kappa shape index (κ2) is 8.38. The van der Waals surface area contributed by atoms with Crippen LogP contribution in [0.15, 0.2) is 24.3 Å². The van der Waals surface area contributed by atoms with Crippen molar-refractivity contribution >= 4 is 14.0 Å². The van der Waals surface area contributed by atoms with Crippen LogP contribution in [0.5, 0.6) is 0 Å². The van der Waals surface area contributed by atoms with E-state index >= 15 is 0 Å². The first-order chi connectivity index (χ1) is 9.24. The third-order valence-corrected chi connectivity index (χ3v) is 5.50. The normalized spacial score (nSPS) is 11.8. The summed E-state index contributed by atoms with van der Waals surface area (Å²) in [6.45, 7) is 1.46. The summed E-state index contributed by atoms with van der Waals surface area (Å²) in [6.07, 6.45) is 0. The SMILES string of the molecule is CO[Si](OC)(OC)c1ccccc1CNOCCN. The molecular weight excluding hydrogens is 264 g/mol. The lowest BCUT2D eigenvalue weighted by Gasteiger charge is -2.26. The van der Waals surface area contributed by atoms with Crippen LogP contribution in [0.3, 0.4) is 0 Å². The molecule has 0 aliphatic rings. The number of rotatable bonds is 9. The molecule has 0 aliphatic carbocycles. The molecule has 0 fully saturated rings. The van der Waals surface area contributed by atoms with Gasteiger partial charge in [0, 0.05) is 39.6 Å². The Kier molecular flexibility index (Phi) is 7.17. The summed E-state index contributed by atoms with van der Waals surface area (Å²) in [6, 6.07) is 7.80. The number of hydrogen-bond acceptors (Lipinski definition) is 6. The molecule has 0 amide bonds. The van der Waals surface area contributed by atoms with Crippen LogP contribution >= 0.6 is 0 Å². The van der Waals surface area contributed by atoms with Gasteiger partial charge >= 0.3 is 8.80 Å². The third-order valence-electron chi connectivity index (χ3n) is 2.74. The van der Waals surface area contributed by atoms with Gasteiger partial charge < -0.3 is 23.8 Å². The van der Waals surface area contributed by atoms with E-state index in [4.69, 9.17) is 23.8 Å². The largest absolute Gasteiger partial charge is 0.536 e. The van der Waals surface area contributed by atoms with E-state index in [9.17, 15) is 0 Å². The van der Waals surface area contributed by atoms with Gasteiger partial charge in [0.05, 0.1) is 6.61 Å². The molecule has 0 atom stereocenters. The topological polar surface area (TPSA) is 75.0 Å². The molecule has 6 nitrogen and oxygen atoms in total. The molecule has 1 aromatic carbocycles. The molecule has 7 heteroatoms. The summed E-state index contributed by atoms with van der Waals surface area (Å²) in [5.41, 5.74) is 9.23. The number of nitrogens with two attached hydrogens (primary N) is 1. The summed E-state index contributed by atoms with van der Waals surface area (Å²) in [5.74, 6) is 0. The van der Waals surface area contributed by atoms with Gasteiger partial charge in [-0.25, -0.2) is 0 Å². The van der Waals surface area contributed by atoms with Crippen molar-refractivity contribution in [1.29, 1.82) is 0 Å². The molecular formula is C12H22N2O4Si. The molecule has 3 N–H and O–H groups in total. The highest BCUT2D eigenvalue weighted by Gasteiger charge is 2.42. The first-order valence-electron chi connectivity index (χ1n) is 6.02. The standard InChI is InChI=1S/C12H22N2O4Si/c1-15-19(16-2,17-3)12-7-5-4-6-11(12)10-14-18-9-8-13/h4-7,14H,8-10,13H2,1-3H3. The van der Waals surface area contributed by atoms with E-state index < -0.39 is 8.80 Å². The molecule has 1 rings (SSSR count). The Morgan fingerprint density at radius 3 is 2.32 bits per heavy atom. The van der Waals surface area contributed by atoms with E-state index in [1.807, 2.05) is 24.3 Å². The summed E-state index contributed by atoms with van der Waals surface area (Å²) in [7, 11) is 1.95. The molecule has 19 heavy (non-hydrogen) atoms. The van der Waals surface area contributed by atoms with Crippen LogP contribution in [0, 0.1) is 0 Å². The number of hydroxylamine groups is 1. The fourth-order valence-electron chi connectivity index (χ4n) is 1.81. The van der Waals surface area contributed by atoms with Crippen molar-refractivity contribution in [2.24, 2.45) is 5.73 Å². The van der Waals surface area contributed by atoms with Crippen molar-refractivity contribution in [3.05, 3.63) is 29.8 Å². The monoisotopic (exact) mass is 286 g/mol. The summed E-state index contributed by atoms with van der Waals surface area (Å²) < 4.78 is 16.5. The van der Waals surface area contributed by atoms with Crippen molar-refractivity contribution in [3.63, 3.8) is 0 Å². The fraction of sp³-hybridized carbons (Fsp3) is 0.500. The highest BCUT2D eigenvalue weighted by Crippen LogP contribution is 2.10. The lowest BCUT2D eigenvalue weighted by Crippen LogP contribution is -2.56. The van der Waals surface area contributed by atoms with Crippen molar-refractivity contribution in [2.45, 2.75) is 6.54 Å². The highest BCUT2D eigenvalue weighted by molar-refractivity contribution is 6.75. The molecule has 108 valence electrons. The van der Waals surface area contributed by atoms with Gasteiger partial charge in [-0.1, -0.05) is 24.3 Å². The zero-order chi connectivity index (χ0) is 14.1. The lowest BCUT2D eigenvalue weighted by atomic mass is 10.2. The molecule has 0 spiro atoms. The molecule has 0 aromatic heterocycles. The van der Waals surface area contributed by atoms with Crippen LogP contribution in [0.4, 0.5) is 0 Å². The highest BCUT2D eigenvalue weighted by atomic mass is 28.4. The van der Waals surface area contributed by atoms with Crippen LogP contribution in [-0.2, 0) is 24.7 Å². The predicted octanol–water partition coefficient (Wildman–Crippen LogP) is -0.248. The third kappa shape index (κ3) is 4.08. The predicted molar refractivity (Wildman–Crippen MR) is 74.7 cm³/mol. The van der Waals surface area contributed by atoms with Gasteiger partial charge in [-0.05, 0) is 5.56 Å². The number of benzene rings is 1. The Bertz CT molecular complexity index is 366. The maximum atomic E-state index is 5.50. The Balaban J connectivity index is 2.88. The van der Waals surface area contributed by atoms with Gasteiger partial charge in [0.15, 0.2) is 0 Å². The van der Waals surface area contributed by atoms with E-state index in [1.54, 1.807) is 21.3 Å². The molecule has 0 aliphatic heterocycles. The fourth-order valence-corrected chi connectivity index (χ4v) is 3.84. The molecule has 0 saturated heterocycles. The maximum Gasteiger partial charge on any atom is 0.536 e. The Morgan fingerprint density at radius 2 is 1.74 bits per heavy atom. The second-order valence-electron chi connectivity index (χ2n) is 3.78. The van der Waals surface area contributed by atoms with Crippen LogP contribution in [-0.4, -0.2) is 43.3 Å². The quantitative estimate of drug-likeness (QED) is 0.370. The maximum absolute atomic E-state index is 5.50. The zero-order valence-corrected chi connectivity index (χ0v) is 12.6. The summed E-state index contributed by atoms with van der Waals surface area (Å²) >= 11 is 0. The van der Waals surface area contributed by atoms with Crippen molar-refractivity contribution in [1.82, 2.24) is 5.48 Å². The van der Waals surface area contributed by atoms with Crippen LogP contribution in [0.2, 0.25) is 0 Å². The molecule has 0 saturated carbocycles. The molecule has 0 unspecified atom stereocenters. The van der Waals surface area contributed by atoms with Gasteiger partial charge in [-0.2, -0.15) is 5.48 Å². The molecule has 0 bridgehead atoms. The van der Waals surface area contributed by atoms with Crippen LogP contribution in [0.1, 0.15) is 5.56 Å². The minimum Gasteiger partial charge on any atom is -0.373 e. The summed E-state index contributed by atoms with van der Waals surface area (Å²) in [4.78, 5) is 5.17. The minimum absolute atomic E-state index is 0.462. The van der Waals surface area contributed by atoms with Gasteiger partial charge in [-0.15, -0.1) is 0 Å². The molecule has 1 aromatic rings. The Morgan fingerprint density at radius 1 is 1.11 bits per heavy atom. The van der Waals surface area contributed by atoms with E-state index in [0.29, 0.717) is 19.7 Å². The first kappa shape index (κ1) is 16.3. The van der Waals surface area contributed by atoms with Crippen LogP contribution in [0.25, 0.3) is 0 Å². The first-order valence-corrected chi connectivity index (χ1v) is 7.75. The van der Waals surface area contributed by atoms with E-state index in [1.165, 1.54) is 0 Å². The average Bonchev–Trinajstić information content (AvgIpc) is 2.47. The molecule has 0 heterocycles. The van der Waals surface area contributed by atoms with Crippen molar-refractivity contribution in [3.8, 4) is 0 Å². The van der Waals surface area contributed by atoms with Gasteiger partial charge in [0.2, 0.25) is 0 Å². The number of nitrogens with one attached hydrogen (secondary N) is 1. The Labute approximate surface area is 115 Å². The van der Waals surface area contributed by atoms with E-state index in [2.05, 4.69) is 5.48 Å². The van der Waals surface area contributed by atoms with E-state index in [0.717, 1.165) is 10.8 Å². The van der Waals surface area contributed by atoms with Crippen LogP contribution < -0.4 is 16.4 Å². The van der Waals surface area contributed by atoms with Gasteiger partial charge in [0.1, 0.15) is 0 Å². The second-order valence-corrected chi connectivity index (χ2v) is 6.66. The van der Waals surface area contributed by atoms with Crippen molar-refractivity contribution < 1.29 is 18.1 Å². The van der Waals surface area contributed by atoms with E-state index in [-0.39, 0.29) is 0 Å². The molecule has 0 radical (unpaired) electrons. The van der Waals surface area contributed by atoms with Crippen molar-refractivity contribution in [2.75, 3.05) is 34.5 Å². The number of hydrogen-bond donors (Lipinski definition) is 2. The average molecular weight is 286 g/mol. The Hall–Kier alpha value is -0.803. The zero-order valence-electron chi connectivity index (χ0n) is 11.6. The van der Waals surface area contributed by atoms with Gasteiger partial charge in [-0.3, -0.25) is 0 Å². The lowest BCUT2D eigenvalue weighted by molar-refractivity contribution is 0.0422.